The van der Waals surface area contributed by atoms with Crippen LogP contribution in [-0.4, -0.2) is 130 Å². The van der Waals surface area contributed by atoms with Gasteiger partial charge in [-0.15, -0.1) is 0 Å². The fourth-order valence-corrected chi connectivity index (χ4v) is 3.67. The molecule has 14 heteroatoms. The van der Waals surface area contributed by atoms with E-state index in [1.807, 2.05) is 0 Å². The van der Waals surface area contributed by atoms with Crippen molar-refractivity contribution in [1.82, 2.24) is 0 Å². The second kappa shape index (κ2) is 12.1. The molecule has 2 rings (SSSR count). The molecule has 2 aliphatic rings. The molecule has 1 aliphatic heterocycles. The molecule has 1 heterocycles. The molecule has 0 aromatic carbocycles. The van der Waals surface area contributed by atoms with Gasteiger partial charge in [0.1, 0.15) is 30.5 Å². The number of rotatable bonds is 10. The molecule has 0 bridgehead atoms. The zero-order valence-corrected chi connectivity index (χ0v) is 17.1. The zero-order chi connectivity index (χ0) is 23.3. The second-order valence-electron chi connectivity index (χ2n) is 7.83. The fourth-order valence-electron chi connectivity index (χ4n) is 3.67. The Morgan fingerprint density at radius 1 is 0.903 bits per heavy atom. The van der Waals surface area contributed by atoms with Crippen LogP contribution in [0.3, 0.4) is 0 Å². The lowest BCUT2D eigenvalue weighted by Crippen LogP contribution is -2.68. The van der Waals surface area contributed by atoms with Gasteiger partial charge in [-0.2, -0.15) is 0 Å². The van der Waals surface area contributed by atoms with Crippen molar-refractivity contribution in [3.63, 3.8) is 0 Å². The van der Waals surface area contributed by atoms with E-state index in [9.17, 15) is 30.6 Å². The van der Waals surface area contributed by atoms with Crippen molar-refractivity contribution < 1.29 is 49.6 Å². The van der Waals surface area contributed by atoms with Crippen LogP contribution >= 0.6 is 0 Å². The molecule has 0 aromatic rings. The summed E-state index contributed by atoms with van der Waals surface area (Å²) in [6, 6.07) is -2.74. The van der Waals surface area contributed by atoms with Gasteiger partial charge in [-0.05, 0) is 6.42 Å². The highest BCUT2D eigenvalue weighted by atomic mass is 16.7. The first-order chi connectivity index (χ1) is 14.7. The highest BCUT2D eigenvalue weighted by Crippen LogP contribution is 2.29. The average Bonchev–Trinajstić information content (AvgIpc) is 2.76. The van der Waals surface area contributed by atoms with Gasteiger partial charge in [-0.1, -0.05) is 0 Å². The molecule has 0 amide bonds. The van der Waals surface area contributed by atoms with Gasteiger partial charge in [0.15, 0.2) is 12.6 Å². The van der Waals surface area contributed by atoms with E-state index in [1.54, 1.807) is 0 Å². The first-order valence-electron chi connectivity index (χ1n) is 10.1. The largest absolute Gasteiger partial charge is 0.394 e. The van der Waals surface area contributed by atoms with Crippen molar-refractivity contribution in [3.8, 4) is 0 Å². The molecular weight excluding hydrogens is 420 g/mol. The van der Waals surface area contributed by atoms with Gasteiger partial charge in [-0.3, -0.25) is 0 Å². The molecule has 1 saturated carbocycles. The van der Waals surface area contributed by atoms with E-state index in [4.69, 9.17) is 41.9 Å². The fraction of sp³-hybridized carbons (Fsp3) is 1.00. The van der Waals surface area contributed by atoms with Crippen LogP contribution in [-0.2, 0) is 18.9 Å². The highest BCUT2D eigenvalue weighted by molar-refractivity contribution is 5.00. The minimum atomic E-state index is -1.45. The number of aliphatic hydroxyl groups is 6. The summed E-state index contributed by atoms with van der Waals surface area (Å²) in [7, 11) is 0. The van der Waals surface area contributed by atoms with Crippen molar-refractivity contribution >= 4 is 0 Å². The molecule has 12 atom stereocenters. The van der Waals surface area contributed by atoms with E-state index in [0.717, 1.165) is 0 Å². The van der Waals surface area contributed by atoms with Gasteiger partial charge < -0.3 is 72.5 Å². The smallest absolute Gasteiger partial charge is 0.181 e. The van der Waals surface area contributed by atoms with Crippen LogP contribution in [0.4, 0.5) is 0 Å². The number of hydrogen-bond donors (Lipinski definition) is 10. The number of hydrogen-bond acceptors (Lipinski definition) is 14. The molecule has 0 radical (unpaired) electrons. The number of ether oxygens (including phenoxy) is 4. The molecule has 14 nitrogen and oxygen atoms in total. The predicted octanol–water partition coefficient (Wildman–Crippen LogP) is -6.40. The Hall–Kier alpha value is -0.560. The van der Waals surface area contributed by atoms with Gasteiger partial charge >= 0.3 is 0 Å². The quantitative estimate of drug-likeness (QED) is 0.137. The molecule has 14 N–H and O–H groups in total. The van der Waals surface area contributed by atoms with E-state index >= 15 is 0 Å². The summed E-state index contributed by atoms with van der Waals surface area (Å²) >= 11 is 0. The van der Waals surface area contributed by atoms with Crippen molar-refractivity contribution in [2.75, 3.05) is 26.4 Å². The Labute approximate surface area is 179 Å². The SMILES string of the molecule is NC[C@H](CO)O[C@H](CO)OC1C(O)[C@H](N)CC(N)[C@H]1O[C@H]1OC(CO)[C@@H](O)C(O)C1N. The van der Waals surface area contributed by atoms with Crippen LogP contribution in [0.1, 0.15) is 6.42 Å². The van der Waals surface area contributed by atoms with Gasteiger partial charge in [-0.25, -0.2) is 0 Å². The lowest BCUT2D eigenvalue weighted by atomic mass is 9.84. The van der Waals surface area contributed by atoms with E-state index in [-0.39, 0.29) is 13.0 Å². The Kier molecular flexibility index (Phi) is 10.4. The maximum atomic E-state index is 10.6. The monoisotopic (exact) mass is 456 g/mol. The van der Waals surface area contributed by atoms with Crippen LogP contribution in [0.25, 0.3) is 0 Å². The van der Waals surface area contributed by atoms with E-state index in [0.29, 0.717) is 0 Å². The van der Waals surface area contributed by atoms with Crippen molar-refractivity contribution in [2.24, 2.45) is 22.9 Å². The molecule has 0 spiro atoms. The molecule has 184 valence electrons. The minimum absolute atomic E-state index is 0.0456. The summed E-state index contributed by atoms with van der Waals surface area (Å²) in [5, 5.41) is 58.9. The maximum Gasteiger partial charge on any atom is 0.181 e. The molecule has 31 heavy (non-hydrogen) atoms. The summed E-state index contributed by atoms with van der Waals surface area (Å²) < 4.78 is 22.4. The minimum Gasteiger partial charge on any atom is -0.394 e. The summed E-state index contributed by atoms with van der Waals surface area (Å²) in [4.78, 5) is 0. The Bertz CT molecular complexity index is 531. The normalized spacial score (nSPS) is 43.5. The summed E-state index contributed by atoms with van der Waals surface area (Å²) in [6.07, 6.45) is -10.9. The molecule has 0 aromatic heterocycles. The molecule has 1 saturated heterocycles. The zero-order valence-electron chi connectivity index (χ0n) is 17.1. The topological polar surface area (TPSA) is 262 Å². The average molecular weight is 456 g/mol. The van der Waals surface area contributed by atoms with Gasteiger partial charge in [0, 0.05) is 18.6 Å². The standard InChI is InChI=1S/C17H36N4O10/c18-2-6(3-22)28-10(5-24)30-16-12(25)7(19)1-8(20)15(16)31-17-11(21)14(27)13(26)9(4-23)29-17/h6-17,22-27H,1-5,18-21H2/t6-,7-,8?,9?,10+,11?,12?,13-,14?,15-,16?,17-/m1/s1. The molecule has 6 unspecified atom stereocenters. The lowest BCUT2D eigenvalue weighted by molar-refractivity contribution is -0.312. The Morgan fingerprint density at radius 3 is 2.13 bits per heavy atom. The molecule has 2 fully saturated rings. The third kappa shape index (κ3) is 6.27. The van der Waals surface area contributed by atoms with E-state index in [1.165, 1.54) is 0 Å². The van der Waals surface area contributed by atoms with Crippen LogP contribution < -0.4 is 22.9 Å². The number of aliphatic hydroxyl groups excluding tert-OH is 6. The van der Waals surface area contributed by atoms with Crippen LogP contribution in [0.15, 0.2) is 0 Å². The van der Waals surface area contributed by atoms with Crippen LogP contribution in [0.5, 0.6) is 0 Å². The Morgan fingerprint density at radius 2 is 1.58 bits per heavy atom. The Balaban J connectivity index is 2.19. The summed E-state index contributed by atoms with van der Waals surface area (Å²) in [5.74, 6) is 0. The predicted molar refractivity (Wildman–Crippen MR) is 104 cm³/mol. The highest BCUT2D eigenvalue weighted by Gasteiger charge is 2.49. The van der Waals surface area contributed by atoms with Crippen molar-refractivity contribution in [3.05, 3.63) is 0 Å². The van der Waals surface area contributed by atoms with Crippen molar-refractivity contribution in [1.29, 1.82) is 0 Å². The number of nitrogens with two attached hydrogens (primary N) is 4. The summed E-state index contributed by atoms with van der Waals surface area (Å²) in [6.45, 7) is -1.70. The third-order valence-electron chi connectivity index (χ3n) is 5.55. The first kappa shape index (κ1) is 26.7. The maximum absolute atomic E-state index is 10.6. The second-order valence-corrected chi connectivity index (χ2v) is 7.83. The van der Waals surface area contributed by atoms with Gasteiger partial charge in [0.25, 0.3) is 0 Å². The van der Waals surface area contributed by atoms with Crippen LogP contribution in [0, 0.1) is 0 Å². The summed E-state index contributed by atoms with van der Waals surface area (Å²) in [5.41, 5.74) is 23.5. The van der Waals surface area contributed by atoms with E-state index in [2.05, 4.69) is 0 Å². The third-order valence-corrected chi connectivity index (χ3v) is 5.55. The van der Waals surface area contributed by atoms with Crippen molar-refractivity contribution in [2.45, 2.75) is 79.9 Å². The first-order valence-corrected chi connectivity index (χ1v) is 10.1. The molecular formula is C17H36N4O10. The molecule has 1 aliphatic carbocycles. The van der Waals surface area contributed by atoms with Gasteiger partial charge in [0.05, 0.1) is 38.1 Å². The van der Waals surface area contributed by atoms with Gasteiger partial charge in [0.2, 0.25) is 0 Å². The lowest BCUT2D eigenvalue weighted by Gasteiger charge is -2.47. The van der Waals surface area contributed by atoms with E-state index < -0.39 is 93.3 Å². The van der Waals surface area contributed by atoms with Crippen LogP contribution in [0.2, 0.25) is 0 Å².